The van der Waals surface area contributed by atoms with Gasteiger partial charge in [0.2, 0.25) is 0 Å². The van der Waals surface area contributed by atoms with Crippen molar-refractivity contribution in [1.29, 1.82) is 0 Å². The highest BCUT2D eigenvalue weighted by Crippen LogP contribution is 2.27. The first-order chi connectivity index (χ1) is 11.5. The van der Waals surface area contributed by atoms with Crippen LogP contribution in [0.25, 0.3) is 0 Å². The molecule has 1 N–H and O–H groups in total. The third kappa shape index (κ3) is 4.82. The second kappa shape index (κ2) is 7.16. The van der Waals surface area contributed by atoms with E-state index in [0.717, 1.165) is 5.56 Å². The Morgan fingerprint density at radius 3 is 2.20 bits per heavy atom. The van der Waals surface area contributed by atoms with E-state index >= 15 is 0 Å². The van der Waals surface area contributed by atoms with E-state index in [4.69, 9.17) is 0 Å². The first kappa shape index (κ1) is 19.4. The molecule has 3 nitrogen and oxygen atoms in total. The lowest BCUT2D eigenvalue weighted by Crippen LogP contribution is -2.13. The number of phenols is 1. The largest absolute Gasteiger partial charge is 0.505 e. The predicted octanol–water partition coefficient (Wildman–Crippen LogP) is 4.80. The number of sulfone groups is 1. The maximum absolute atomic E-state index is 13.4. The Morgan fingerprint density at radius 1 is 1.08 bits per heavy atom. The van der Waals surface area contributed by atoms with Gasteiger partial charge in [-0.3, -0.25) is 0 Å². The summed E-state index contributed by atoms with van der Waals surface area (Å²) in [5, 5.41) is 9.24. The van der Waals surface area contributed by atoms with Gasteiger partial charge in [-0.2, -0.15) is 0 Å². The zero-order valence-corrected chi connectivity index (χ0v) is 15.9. The molecule has 0 aromatic heterocycles. The Hall–Kier alpha value is -1.88. The van der Waals surface area contributed by atoms with Gasteiger partial charge in [0.25, 0.3) is 0 Å². The Balaban J connectivity index is 2.09. The van der Waals surface area contributed by atoms with E-state index in [1.54, 1.807) is 18.2 Å². The van der Waals surface area contributed by atoms with E-state index in [1.165, 1.54) is 12.1 Å². The van der Waals surface area contributed by atoms with Gasteiger partial charge in [-0.1, -0.05) is 45.9 Å². The molecule has 0 spiro atoms. The van der Waals surface area contributed by atoms with Crippen molar-refractivity contribution in [1.82, 2.24) is 0 Å². The molecule has 0 aliphatic rings. The molecule has 1 atom stereocenters. The molecule has 0 bridgehead atoms. The van der Waals surface area contributed by atoms with Crippen molar-refractivity contribution in [2.45, 2.75) is 50.3 Å². The molecule has 2 aromatic rings. The highest BCUT2D eigenvalue weighted by atomic mass is 32.2. The fourth-order valence-electron chi connectivity index (χ4n) is 2.61. The molecule has 2 aromatic carbocycles. The number of rotatable bonds is 5. The van der Waals surface area contributed by atoms with Gasteiger partial charge in [0.15, 0.2) is 21.4 Å². The Bertz CT molecular complexity index is 834. The Labute approximate surface area is 149 Å². The number of aromatic hydroxyl groups is 1. The molecule has 25 heavy (non-hydrogen) atoms. The first-order valence-electron chi connectivity index (χ1n) is 8.32. The van der Waals surface area contributed by atoms with Crippen LogP contribution in [0, 0.1) is 5.82 Å². The summed E-state index contributed by atoms with van der Waals surface area (Å²) in [4.78, 5) is 0.310. The minimum Gasteiger partial charge on any atom is -0.505 e. The number of halogens is 1. The van der Waals surface area contributed by atoms with Gasteiger partial charge in [-0.25, -0.2) is 12.8 Å². The summed E-state index contributed by atoms with van der Waals surface area (Å²) < 4.78 is 38.5. The summed E-state index contributed by atoms with van der Waals surface area (Å²) >= 11 is 0. The minimum absolute atomic E-state index is 0.00841. The van der Waals surface area contributed by atoms with Crippen molar-refractivity contribution < 1.29 is 17.9 Å². The quantitative estimate of drug-likeness (QED) is 0.829. The van der Waals surface area contributed by atoms with Crippen LogP contribution in [-0.2, 0) is 15.3 Å². The molecule has 0 saturated carbocycles. The highest BCUT2D eigenvalue weighted by molar-refractivity contribution is 7.91. The van der Waals surface area contributed by atoms with E-state index in [1.807, 2.05) is 19.1 Å². The van der Waals surface area contributed by atoms with Gasteiger partial charge >= 0.3 is 0 Å². The van der Waals surface area contributed by atoms with Crippen molar-refractivity contribution in [3.8, 4) is 5.75 Å². The Morgan fingerprint density at radius 2 is 1.68 bits per heavy atom. The summed E-state index contributed by atoms with van der Waals surface area (Å²) in [7, 11) is -3.39. The van der Waals surface area contributed by atoms with Crippen LogP contribution < -0.4 is 0 Å². The fraction of sp³-hybridized carbons (Fsp3) is 0.400. The van der Waals surface area contributed by atoms with Crippen LogP contribution in [-0.4, -0.2) is 19.3 Å². The molecule has 5 heteroatoms. The zero-order valence-electron chi connectivity index (χ0n) is 15.1. The lowest BCUT2D eigenvalue weighted by Gasteiger charge is -2.19. The van der Waals surface area contributed by atoms with Gasteiger partial charge in [0.1, 0.15) is 0 Å². The molecule has 0 heterocycles. The molecule has 0 aliphatic heterocycles. The lowest BCUT2D eigenvalue weighted by molar-refractivity contribution is 0.431. The van der Waals surface area contributed by atoms with Crippen molar-refractivity contribution >= 4 is 9.84 Å². The van der Waals surface area contributed by atoms with Crippen LogP contribution in [0.3, 0.4) is 0 Å². The van der Waals surface area contributed by atoms with Crippen molar-refractivity contribution in [2.75, 3.05) is 5.75 Å². The molecular formula is C20H25FO3S. The van der Waals surface area contributed by atoms with Crippen molar-refractivity contribution in [3.63, 3.8) is 0 Å². The summed E-state index contributed by atoms with van der Waals surface area (Å²) in [6, 6.07) is 11.2. The Kier molecular flexibility index (Phi) is 5.57. The lowest BCUT2D eigenvalue weighted by atomic mass is 9.87. The van der Waals surface area contributed by atoms with E-state index < -0.39 is 21.4 Å². The molecule has 0 aliphatic carbocycles. The third-order valence-electron chi connectivity index (χ3n) is 4.44. The topological polar surface area (TPSA) is 54.4 Å². The molecule has 136 valence electrons. The smallest absolute Gasteiger partial charge is 0.178 e. The zero-order chi connectivity index (χ0) is 18.8. The van der Waals surface area contributed by atoms with Crippen molar-refractivity contribution in [3.05, 3.63) is 59.4 Å². The monoisotopic (exact) mass is 364 g/mol. The molecule has 0 saturated heterocycles. The molecule has 2 rings (SSSR count). The van der Waals surface area contributed by atoms with Gasteiger partial charge in [0.05, 0.1) is 10.6 Å². The van der Waals surface area contributed by atoms with Crippen LogP contribution in [0.4, 0.5) is 4.39 Å². The number of phenolic OH excluding ortho intramolecular Hbond substituents is 1. The summed E-state index contributed by atoms with van der Waals surface area (Å²) in [6.45, 7) is 8.09. The van der Waals surface area contributed by atoms with E-state index in [2.05, 4.69) is 20.8 Å². The first-order valence-corrected chi connectivity index (χ1v) is 9.97. The SMILES string of the molecule is CC(CCS(=O)(=O)c1ccc(C(C)(C)C)cc1)c1ccc(O)c(F)c1. The number of benzene rings is 2. The summed E-state index contributed by atoms with van der Waals surface area (Å²) in [5.74, 6) is -1.22. The van der Waals surface area contributed by atoms with Gasteiger partial charge in [-0.05, 0) is 53.1 Å². The average molecular weight is 364 g/mol. The molecule has 0 fully saturated rings. The highest BCUT2D eigenvalue weighted by Gasteiger charge is 2.19. The van der Waals surface area contributed by atoms with Crippen LogP contribution >= 0.6 is 0 Å². The number of hydrogen-bond donors (Lipinski definition) is 1. The third-order valence-corrected chi connectivity index (χ3v) is 6.20. The van der Waals surface area contributed by atoms with E-state index in [9.17, 15) is 17.9 Å². The van der Waals surface area contributed by atoms with Crippen LogP contribution in [0.1, 0.15) is 51.2 Å². The van der Waals surface area contributed by atoms with Gasteiger partial charge in [-0.15, -0.1) is 0 Å². The normalized spacial score (nSPS) is 13.6. The molecule has 1 unspecified atom stereocenters. The van der Waals surface area contributed by atoms with Gasteiger partial charge in [0, 0.05) is 0 Å². The number of hydrogen-bond acceptors (Lipinski definition) is 3. The van der Waals surface area contributed by atoms with E-state index in [-0.39, 0.29) is 17.1 Å². The maximum atomic E-state index is 13.4. The standard InChI is InChI=1S/C20H25FO3S/c1-14(15-5-10-19(22)18(21)13-15)11-12-25(23,24)17-8-6-16(7-9-17)20(2,3)4/h5-10,13-14,22H,11-12H2,1-4H3. The van der Waals surface area contributed by atoms with Crippen molar-refractivity contribution in [2.24, 2.45) is 0 Å². The summed E-state index contributed by atoms with van der Waals surface area (Å²) in [6.07, 6.45) is 0.383. The second-order valence-electron chi connectivity index (χ2n) is 7.49. The fourth-order valence-corrected chi connectivity index (χ4v) is 4.06. The average Bonchev–Trinajstić information content (AvgIpc) is 2.54. The van der Waals surface area contributed by atoms with E-state index in [0.29, 0.717) is 16.9 Å². The second-order valence-corrected chi connectivity index (χ2v) is 9.60. The van der Waals surface area contributed by atoms with Gasteiger partial charge < -0.3 is 5.11 Å². The minimum atomic E-state index is -3.39. The molecule has 0 amide bonds. The van der Waals surface area contributed by atoms with Crippen LogP contribution in [0.2, 0.25) is 0 Å². The summed E-state index contributed by atoms with van der Waals surface area (Å²) in [5.41, 5.74) is 1.73. The molecule has 0 radical (unpaired) electrons. The predicted molar refractivity (Wildman–Crippen MR) is 98.3 cm³/mol. The van der Waals surface area contributed by atoms with Crippen LogP contribution in [0.15, 0.2) is 47.4 Å². The van der Waals surface area contributed by atoms with Crippen LogP contribution in [0.5, 0.6) is 5.75 Å². The maximum Gasteiger partial charge on any atom is 0.178 e. The molecular weight excluding hydrogens is 339 g/mol.